The molecule has 1 aliphatic carbocycles. The summed E-state index contributed by atoms with van der Waals surface area (Å²) in [5.74, 6) is -0.257. The van der Waals surface area contributed by atoms with Gasteiger partial charge in [0.05, 0.1) is 5.92 Å². The molecule has 0 radical (unpaired) electrons. The number of rotatable bonds is 9. The molecule has 2 rings (SSSR count). The van der Waals surface area contributed by atoms with E-state index in [-0.39, 0.29) is 22.9 Å². The fraction of sp³-hybridized carbons (Fsp3) is 0.533. The van der Waals surface area contributed by atoms with E-state index in [1.807, 2.05) is 30.3 Å². The van der Waals surface area contributed by atoms with Crippen molar-refractivity contribution >= 4 is 11.6 Å². The molecule has 3 atom stereocenters. The molecule has 1 saturated carbocycles. The molecule has 1 fully saturated rings. The summed E-state index contributed by atoms with van der Waals surface area (Å²) in [4.78, 5) is 27.2. The van der Waals surface area contributed by atoms with Crippen molar-refractivity contribution in [3.63, 3.8) is 0 Å². The topological polar surface area (TPSA) is 34.1 Å². The lowest BCUT2D eigenvalue weighted by molar-refractivity contribution is -0.135. The number of carbonyl (C=O) groups is 2. The number of hydrogen-bond donors (Lipinski definition) is 0. The molecule has 0 amide bonds. The van der Waals surface area contributed by atoms with E-state index >= 15 is 0 Å². The maximum Gasteiger partial charge on any atom is 0.173 e. The van der Waals surface area contributed by atoms with Crippen molar-refractivity contribution in [3.8, 4) is 0 Å². The lowest BCUT2D eigenvalue weighted by atomic mass is 9.55. The van der Waals surface area contributed by atoms with Crippen LogP contribution in [-0.2, 0) is 4.79 Å². The average Bonchev–Trinajstić information content (AvgIpc) is 2.72. The van der Waals surface area contributed by atoms with Crippen LogP contribution >= 0.6 is 0 Å². The van der Waals surface area contributed by atoms with Crippen LogP contribution in [0.2, 0.25) is 0 Å². The Bertz CT molecular complexity index is 875. The lowest BCUT2D eigenvalue weighted by Gasteiger charge is -2.46. The summed E-state index contributed by atoms with van der Waals surface area (Å²) in [6.45, 7) is 14.9. The highest BCUT2D eigenvalue weighted by atomic mass is 16.2. The normalized spacial score (nSPS) is 22.9. The highest BCUT2D eigenvalue weighted by Gasteiger charge is 2.51. The first-order valence-electron chi connectivity index (χ1n) is 12.1. The summed E-state index contributed by atoms with van der Waals surface area (Å²) in [5.41, 5.74) is 4.23. The van der Waals surface area contributed by atoms with E-state index in [4.69, 9.17) is 0 Å². The molecule has 2 nitrogen and oxygen atoms in total. The zero-order chi connectivity index (χ0) is 23.9. The molecule has 0 spiro atoms. The quantitative estimate of drug-likeness (QED) is 0.223. The summed E-state index contributed by atoms with van der Waals surface area (Å²) >= 11 is 0. The number of allylic oxidation sites excluding steroid dienone is 6. The van der Waals surface area contributed by atoms with Crippen LogP contribution in [0.4, 0.5) is 0 Å². The van der Waals surface area contributed by atoms with E-state index in [1.165, 1.54) is 16.7 Å². The summed E-state index contributed by atoms with van der Waals surface area (Å²) in [5, 5.41) is 0. The Morgan fingerprint density at radius 2 is 1.56 bits per heavy atom. The van der Waals surface area contributed by atoms with Crippen molar-refractivity contribution in [2.24, 2.45) is 23.2 Å². The van der Waals surface area contributed by atoms with Crippen molar-refractivity contribution in [3.05, 3.63) is 70.8 Å². The molecule has 0 bridgehead atoms. The zero-order valence-electron chi connectivity index (χ0n) is 21.2. The molecule has 0 aliphatic heterocycles. The van der Waals surface area contributed by atoms with Gasteiger partial charge in [0.1, 0.15) is 5.78 Å². The average molecular weight is 435 g/mol. The molecular weight excluding hydrogens is 392 g/mol. The van der Waals surface area contributed by atoms with Gasteiger partial charge in [-0.15, -0.1) is 0 Å². The molecule has 0 saturated heterocycles. The molecule has 0 aromatic heterocycles. The van der Waals surface area contributed by atoms with Crippen molar-refractivity contribution in [2.75, 3.05) is 0 Å². The summed E-state index contributed by atoms with van der Waals surface area (Å²) in [7, 11) is 0. The van der Waals surface area contributed by atoms with Gasteiger partial charge in [0.25, 0.3) is 0 Å². The molecule has 0 N–H and O–H groups in total. The van der Waals surface area contributed by atoms with Crippen LogP contribution in [0.1, 0.15) is 90.9 Å². The Balaban J connectivity index is 2.30. The highest BCUT2D eigenvalue weighted by molar-refractivity contribution is 6.12. The molecule has 32 heavy (non-hydrogen) atoms. The van der Waals surface area contributed by atoms with E-state index in [2.05, 4.69) is 66.7 Å². The van der Waals surface area contributed by atoms with Crippen LogP contribution in [0.25, 0.3) is 0 Å². The first-order valence-corrected chi connectivity index (χ1v) is 12.1. The molecule has 1 aromatic rings. The van der Waals surface area contributed by atoms with Crippen molar-refractivity contribution < 1.29 is 9.59 Å². The van der Waals surface area contributed by atoms with E-state index in [0.29, 0.717) is 11.5 Å². The van der Waals surface area contributed by atoms with Crippen LogP contribution in [0.3, 0.4) is 0 Å². The molecule has 2 heteroatoms. The molecule has 1 aliphatic rings. The van der Waals surface area contributed by atoms with Gasteiger partial charge < -0.3 is 0 Å². The summed E-state index contributed by atoms with van der Waals surface area (Å²) < 4.78 is 0. The number of benzene rings is 1. The lowest BCUT2D eigenvalue weighted by Crippen LogP contribution is -2.49. The second-order valence-electron chi connectivity index (χ2n) is 10.6. The van der Waals surface area contributed by atoms with Crippen molar-refractivity contribution in [1.82, 2.24) is 0 Å². The third-order valence-electron chi connectivity index (χ3n) is 7.03. The first-order chi connectivity index (χ1) is 15.0. The Morgan fingerprint density at radius 3 is 2.16 bits per heavy atom. The predicted molar refractivity (Wildman–Crippen MR) is 136 cm³/mol. The smallest absolute Gasteiger partial charge is 0.173 e. The van der Waals surface area contributed by atoms with Gasteiger partial charge in [0, 0.05) is 11.5 Å². The highest BCUT2D eigenvalue weighted by Crippen LogP contribution is 2.49. The monoisotopic (exact) mass is 434 g/mol. The van der Waals surface area contributed by atoms with Crippen LogP contribution in [0, 0.1) is 23.2 Å². The van der Waals surface area contributed by atoms with Gasteiger partial charge >= 0.3 is 0 Å². The number of ketones is 2. The summed E-state index contributed by atoms with van der Waals surface area (Å²) in [6, 6.07) is 9.35. The standard InChI is InChI=1S/C30H42O2/c1-21(2)12-11-13-23(5)17-18-25-20-26(19-16-22(3)4)30(6,7)27(29(25)32)28(31)24-14-9-8-10-15-24/h8-10,12,14-17,25-27H,11,13,18-20H2,1-7H3/b23-17+/t25-,26+,27-/m1/s1. The third kappa shape index (κ3) is 6.89. The fourth-order valence-corrected chi connectivity index (χ4v) is 4.86. The minimum Gasteiger partial charge on any atom is -0.299 e. The minimum absolute atomic E-state index is 0.0169. The SMILES string of the molecule is CC(C)=CCC/C(C)=C/C[C@@H]1C[C@H](CC=C(C)C)C(C)(C)[C@H](C(=O)c2ccccc2)C1=O. The predicted octanol–water partition coefficient (Wildman–Crippen LogP) is 8.16. The zero-order valence-corrected chi connectivity index (χ0v) is 21.2. The van der Waals surface area contributed by atoms with Gasteiger partial charge in [-0.2, -0.15) is 0 Å². The fourth-order valence-electron chi connectivity index (χ4n) is 4.86. The van der Waals surface area contributed by atoms with Gasteiger partial charge in [-0.25, -0.2) is 0 Å². The van der Waals surface area contributed by atoms with Crippen molar-refractivity contribution in [1.29, 1.82) is 0 Å². The molecular formula is C30H42O2. The number of hydrogen-bond acceptors (Lipinski definition) is 2. The van der Waals surface area contributed by atoms with Gasteiger partial charge in [-0.1, -0.05) is 79.1 Å². The third-order valence-corrected chi connectivity index (χ3v) is 7.03. The Labute approximate surface area is 195 Å². The van der Waals surface area contributed by atoms with Crippen LogP contribution in [-0.4, -0.2) is 11.6 Å². The van der Waals surface area contributed by atoms with Gasteiger partial charge in [-0.05, 0) is 78.1 Å². The van der Waals surface area contributed by atoms with E-state index in [1.54, 1.807) is 0 Å². The van der Waals surface area contributed by atoms with Crippen molar-refractivity contribution in [2.45, 2.75) is 80.6 Å². The second kappa shape index (κ2) is 11.6. The van der Waals surface area contributed by atoms with E-state index in [0.717, 1.165) is 32.1 Å². The van der Waals surface area contributed by atoms with Gasteiger partial charge in [0.15, 0.2) is 5.78 Å². The largest absolute Gasteiger partial charge is 0.299 e. The van der Waals surface area contributed by atoms with Crippen LogP contribution in [0.15, 0.2) is 65.3 Å². The first kappa shape index (κ1) is 26.0. The second-order valence-corrected chi connectivity index (χ2v) is 10.6. The Hall–Kier alpha value is -2.22. The maximum atomic E-state index is 13.7. The minimum atomic E-state index is -0.585. The van der Waals surface area contributed by atoms with Gasteiger partial charge in [0.2, 0.25) is 0 Å². The number of carbonyl (C=O) groups excluding carboxylic acids is 2. The maximum absolute atomic E-state index is 13.7. The summed E-state index contributed by atoms with van der Waals surface area (Å²) in [6.07, 6.45) is 11.3. The van der Waals surface area contributed by atoms with E-state index in [9.17, 15) is 9.59 Å². The Kier molecular flexibility index (Phi) is 9.43. The molecule has 0 heterocycles. The molecule has 174 valence electrons. The van der Waals surface area contributed by atoms with E-state index < -0.39 is 5.92 Å². The number of Topliss-reactive ketones (excluding diaryl/α,β-unsaturated/α-hetero) is 2. The van der Waals surface area contributed by atoms with Gasteiger partial charge in [-0.3, -0.25) is 9.59 Å². The van der Waals surface area contributed by atoms with Crippen LogP contribution in [0.5, 0.6) is 0 Å². The molecule has 1 aromatic carbocycles. The Morgan fingerprint density at radius 1 is 0.938 bits per heavy atom. The van der Waals surface area contributed by atoms with Crippen LogP contribution < -0.4 is 0 Å². The molecule has 0 unspecified atom stereocenters.